The van der Waals surface area contributed by atoms with Gasteiger partial charge in [0, 0.05) is 11.6 Å². The summed E-state index contributed by atoms with van der Waals surface area (Å²) in [4.78, 5) is 28.5. The molecule has 8 aromatic rings. The lowest BCUT2D eigenvalue weighted by Gasteiger charge is -2.43. The molecule has 0 bridgehead atoms. The van der Waals surface area contributed by atoms with Crippen LogP contribution >= 0.6 is 0 Å². The van der Waals surface area contributed by atoms with Gasteiger partial charge in [0.1, 0.15) is 12.6 Å². The number of nitrogens with one attached hydrogen (secondary N) is 3. The van der Waals surface area contributed by atoms with Crippen LogP contribution in [0.25, 0.3) is 11.1 Å². The van der Waals surface area contributed by atoms with Crippen molar-refractivity contribution in [1.29, 1.82) is 0 Å². The highest BCUT2D eigenvalue weighted by atomic mass is 28.4. The van der Waals surface area contributed by atoms with Crippen LogP contribution in [0.1, 0.15) is 90.5 Å². The molecular weight excluding hydrogens is 915 g/mol. The van der Waals surface area contributed by atoms with Crippen LogP contribution < -0.4 is 26.3 Å². The zero-order chi connectivity index (χ0) is 50.8. The van der Waals surface area contributed by atoms with E-state index >= 15 is 0 Å². The summed E-state index contributed by atoms with van der Waals surface area (Å²) >= 11 is 0. The van der Waals surface area contributed by atoms with E-state index in [2.05, 4.69) is 207 Å². The number of hydrogen-bond donors (Lipinski definition) is 3. The Kier molecular flexibility index (Phi) is 15.7. The third kappa shape index (κ3) is 10.9. The Morgan fingerprint density at radius 2 is 1.10 bits per heavy atom. The van der Waals surface area contributed by atoms with Crippen molar-refractivity contribution in [2.75, 3.05) is 18.5 Å². The number of alkyl carbamates (subject to hydrolysis) is 1. The number of benzene rings is 8. The van der Waals surface area contributed by atoms with Crippen LogP contribution in [0.3, 0.4) is 0 Å². The first-order valence-corrected chi connectivity index (χ1v) is 27.6. The molecule has 1 atom stereocenters. The molecule has 8 heteroatoms. The van der Waals surface area contributed by atoms with Crippen molar-refractivity contribution in [3.63, 3.8) is 0 Å². The number of aryl methyl sites for hydroxylation is 2. The van der Waals surface area contributed by atoms with Crippen LogP contribution in [0.2, 0.25) is 5.04 Å². The van der Waals surface area contributed by atoms with E-state index in [0.29, 0.717) is 31.7 Å². The van der Waals surface area contributed by atoms with Crippen LogP contribution in [0.5, 0.6) is 0 Å². The van der Waals surface area contributed by atoms with Gasteiger partial charge in [-0.1, -0.05) is 233 Å². The second kappa shape index (κ2) is 22.6. The summed E-state index contributed by atoms with van der Waals surface area (Å²) in [5.74, 6) is -0.412. The first kappa shape index (κ1) is 50.6. The highest BCUT2D eigenvalue weighted by Crippen LogP contribution is 2.45. The van der Waals surface area contributed by atoms with E-state index in [1.807, 2.05) is 55.5 Å². The Balaban J connectivity index is 0.928. The average Bonchev–Trinajstić information content (AvgIpc) is 3.74. The maximum Gasteiger partial charge on any atom is 0.407 e. The maximum absolute atomic E-state index is 14.5. The van der Waals surface area contributed by atoms with Gasteiger partial charge >= 0.3 is 6.09 Å². The SMILES string of the molecule is Cc1ccc(C(NCCCC[C@H](NC(=O)OCC2c3ccccc3-c3ccccc32)C(=O)Nc2ccc(CO[Si](c3ccccc3)(c3ccccc3)C(C)(C)C)cc2C)(c2ccccc2)c2ccccc2)cc1. The van der Waals surface area contributed by atoms with Crippen molar-refractivity contribution in [2.24, 2.45) is 0 Å². The first-order chi connectivity index (χ1) is 35.5. The molecule has 0 spiro atoms. The van der Waals surface area contributed by atoms with Gasteiger partial charge < -0.3 is 19.8 Å². The van der Waals surface area contributed by atoms with E-state index in [1.54, 1.807) is 0 Å². The summed E-state index contributed by atoms with van der Waals surface area (Å²) in [6.07, 6.45) is 1.16. The molecule has 370 valence electrons. The lowest BCUT2D eigenvalue weighted by molar-refractivity contribution is -0.118. The summed E-state index contributed by atoms with van der Waals surface area (Å²) in [6, 6.07) is 72.9. The van der Waals surface area contributed by atoms with Crippen LogP contribution in [0.4, 0.5) is 10.5 Å². The molecule has 0 aliphatic heterocycles. The topological polar surface area (TPSA) is 88.7 Å². The molecule has 0 saturated heterocycles. The lowest BCUT2D eigenvalue weighted by atomic mass is 9.76. The van der Waals surface area contributed by atoms with Crippen molar-refractivity contribution in [1.82, 2.24) is 10.6 Å². The number of carbonyl (C=O) groups is 2. The fraction of sp³-hybridized carbons (Fsp3) is 0.231. The van der Waals surface area contributed by atoms with Crippen LogP contribution in [-0.4, -0.2) is 39.5 Å². The Bertz CT molecular complexity index is 2980. The van der Waals surface area contributed by atoms with Gasteiger partial charge in [0.05, 0.1) is 12.1 Å². The van der Waals surface area contributed by atoms with Gasteiger partial charge in [-0.3, -0.25) is 10.1 Å². The Morgan fingerprint density at radius 1 is 0.589 bits per heavy atom. The molecule has 0 aromatic heterocycles. The zero-order valence-corrected chi connectivity index (χ0v) is 43.7. The second-order valence-electron chi connectivity index (χ2n) is 20.4. The molecule has 1 aliphatic rings. The van der Waals surface area contributed by atoms with Crippen LogP contribution in [-0.2, 0) is 26.1 Å². The number of anilines is 1. The number of fused-ring (bicyclic) bond motifs is 3. The third-order valence-corrected chi connectivity index (χ3v) is 19.6. The molecule has 0 fully saturated rings. The van der Waals surface area contributed by atoms with Gasteiger partial charge in [-0.05, 0) is 111 Å². The molecule has 0 saturated carbocycles. The normalized spacial score (nSPS) is 12.9. The van der Waals surface area contributed by atoms with Crippen molar-refractivity contribution < 1.29 is 18.8 Å². The van der Waals surface area contributed by atoms with Crippen molar-refractivity contribution in [3.8, 4) is 11.1 Å². The molecular formula is C65H67N3O4Si. The number of ether oxygens (including phenoxy) is 1. The Labute approximate surface area is 433 Å². The number of rotatable bonds is 19. The summed E-state index contributed by atoms with van der Waals surface area (Å²) in [5, 5.41) is 12.5. The molecule has 9 rings (SSSR count). The molecule has 7 nitrogen and oxygen atoms in total. The predicted molar refractivity (Wildman–Crippen MR) is 300 cm³/mol. The number of amides is 2. The van der Waals surface area contributed by atoms with E-state index in [4.69, 9.17) is 9.16 Å². The standard InChI is InChI=1S/C65H67N3O4Si/c1-47-37-40-52(41-38-47)65(50-24-10-6-11-25-50,51-26-12-7-13-27-51)66-43-23-22-36-61(68-63(70)71-46-59-57-34-20-18-32-55(57)56-33-19-21-35-58(56)59)62(69)67-60-42-39-49(44-48(60)2)45-72-73(64(3,4)5,53-28-14-8-15-29-53)54-30-16-9-17-31-54/h6-21,24-35,37-42,44,59,61,66H,22-23,36,43,45-46H2,1-5H3,(H,67,69)(H,68,70)/t61-/m0/s1. The van der Waals surface area contributed by atoms with E-state index in [1.165, 1.54) is 15.9 Å². The Morgan fingerprint density at radius 3 is 1.63 bits per heavy atom. The Hall–Kier alpha value is -7.36. The van der Waals surface area contributed by atoms with Crippen molar-refractivity contribution in [3.05, 3.63) is 257 Å². The quantitative estimate of drug-likeness (QED) is 0.0427. The fourth-order valence-electron chi connectivity index (χ4n) is 10.9. The smallest absolute Gasteiger partial charge is 0.407 e. The second-order valence-corrected chi connectivity index (χ2v) is 24.7. The van der Waals surface area contributed by atoms with Crippen LogP contribution in [0.15, 0.2) is 212 Å². The van der Waals surface area contributed by atoms with Gasteiger partial charge in [0.2, 0.25) is 5.91 Å². The largest absolute Gasteiger partial charge is 0.449 e. The summed E-state index contributed by atoms with van der Waals surface area (Å²) in [5.41, 5.74) is 11.1. The van der Waals surface area contributed by atoms with Crippen LogP contribution in [0, 0.1) is 13.8 Å². The summed E-state index contributed by atoms with van der Waals surface area (Å²) < 4.78 is 13.3. The number of carbonyl (C=O) groups excluding carboxylic acids is 2. The monoisotopic (exact) mass is 981 g/mol. The fourth-order valence-corrected chi connectivity index (χ4v) is 15.5. The molecule has 0 heterocycles. The molecule has 73 heavy (non-hydrogen) atoms. The maximum atomic E-state index is 14.5. The molecule has 0 radical (unpaired) electrons. The molecule has 0 unspecified atom stereocenters. The number of unbranched alkanes of at least 4 members (excludes halogenated alkanes) is 1. The van der Waals surface area contributed by atoms with Gasteiger partial charge in [-0.15, -0.1) is 0 Å². The third-order valence-electron chi connectivity index (χ3n) is 14.6. The molecule has 2 amide bonds. The van der Waals surface area contributed by atoms with E-state index < -0.39 is 26.0 Å². The highest BCUT2D eigenvalue weighted by Gasteiger charge is 2.50. The minimum Gasteiger partial charge on any atom is -0.449 e. The zero-order valence-electron chi connectivity index (χ0n) is 42.7. The van der Waals surface area contributed by atoms with Gasteiger partial charge in [-0.25, -0.2) is 4.79 Å². The average molecular weight is 982 g/mol. The van der Waals surface area contributed by atoms with Gasteiger partial charge in [0.15, 0.2) is 0 Å². The molecule has 3 N–H and O–H groups in total. The van der Waals surface area contributed by atoms with Crippen molar-refractivity contribution in [2.45, 2.75) is 83.0 Å². The summed E-state index contributed by atoms with van der Waals surface area (Å²) in [7, 11) is -2.78. The predicted octanol–water partition coefficient (Wildman–Crippen LogP) is 13.0. The minimum absolute atomic E-state index is 0.110. The molecule has 8 aromatic carbocycles. The van der Waals surface area contributed by atoms with E-state index in [9.17, 15) is 9.59 Å². The van der Waals surface area contributed by atoms with Gasteiger partial charge in [-0.2, -0.15) is 0 Å². The first-order valence-electron chi connectivity index (χ1n) is 25.7. The molecule has 1 aliphatic carbocycles. The van der Waals surface area contributed by atoms with Gasteiger partial charge in [0.25, 0.3) is 8.32 Å². The van der Waals surface area contributed by atoms with E-state index in [-0.39, 0.29) is 23.5 Å². The van der Waals surface area contributed by atoms with E-state index in [0.717, 1.165) is 56.5 Å². The minimum atomic E-state index is -2.78. The highest BCUT2D eigenvalue weighted by molar-refractivity contribution is 6.99. The van der Waals surface area contributed by atoms with Crippen molar-refractivity contribution >= 4 is 36.4 Å². The summed E-state index contributed by atoms with van der Waals surface area (Å²) in [6.45, 7) is 12.1. The lowest BCUT2D eigenvalue weighted by Crippen LogP contribution is -2.66. The number of hydrogen-bond acceptors (Lipinski definition) is 5.